The number of hydrogen-bond acceptors (Lipinski definition) is 4. The lowest BCUT2D eigenvalue weighted by Gasteiger charge is -2.10. The van der Waals surface area contributed by atoms with Gasteiger partial charge in [-0.3, -0.25) is 0 Å². The van der Waals surface area contributed by atoms with E-state index in [1.54, 1.807) is 25.1 Å². The summed E-state index contributed by atoms with van der Waals surface area (Å²) in [5.41, 5.74) is 0.289. The van der Waals surface area contributed by atoms with E-state index in [9.17, 15) is 4.39 Å². The highest BCUT2D eigenvalue weighted by Crippen LogP contribution is 2.25. The molecular formula is C14H16ClFN4. The van der Waals surface area contributed by atoms with E-state index in [1.165, 1.54) is 6.07 Å². The summed E-state index contributed by atoms with van der Waals surface area (Å²) >= 11 is 5.75. The van der Waals surface area contributed by atoms with Crippen LogP contribution >= 0.6 is 11.6 Å². The van der Waals surface area contributed by atoms with E-state index in [0.717, 1.165) is 13.0 Å². The quantitative estimate of drug-likeness (QED) is 0.870. The standard InChI is InChI=1S/C14H16ClFN4/c1-3-7-17-12-8-13(19-9(2)18-12)20-11-6-4-5-10(15)14(11)16/h4-6,8H,3,7H2,1-2H3,(H2,17,18,19,20). The Morgan fingerprint density at radius 1 is 1.25 bits per heavy atom. The van der Waals surface area contributed by atoms with Crippen LogP contribution in [0.3, 0.4) is 0 Å². The summed E-state index contributed by atoms with van der Waals surface area (Å²) in [6.07, 6.45) is 0.995. The number of aryl methyl sites for hydroxylation is 1. The fraction of sp³-hybridized carbons (Fsp3) is 0.286. The van der Waals surface area contributed by atoms with Crippen molar-refractivity contribution in [3.63, 3.8) is 0 Å². The molecule has 0 unspecified atom stereocenters. The minimum Gasteiger partial charge on any atom is -0.370 e. The third-order valence-electron chi connectivity index (χ3n) is 2.61. The third kappa shape index (κ3) is 3.57. The number of anilines is 3. The lowest BCUT2D eigenvalue weighted by molar-refractivity contribution is 0.632. The van der Waals surface area contributed by atoms with Crippen LogP contribution in [-0.2, 0) is 0 Å². The molecule has 1 aromatic heterocycles. The van der Waals surface area contributed by atoms with E-state index in [1.807, 2.05) is 0 Å². The maximum atomic E-state index is 13.8. The van der Waals surface area contributed by atoms with Crippen molar-refractivity contribution in [2.75, 3.05) is 17.2 Å². The first-order valence-electron chi connectivity index (χ1n) is 6.40. The van der Waals surface area contributed by atoms with Gasteiger partial charge in [-0.05, 0) is 25.5 Å². The summed E-state index contributed by atoms with van der Waals surface area (Å²) in [6.45, 7) is 4.68. The fourth-order valence-electron chi connectivity index (χ4n) is 1.71. The molecule has 0 aliphatic carbocycles. The van der Waals surface area contributed by atoms with Gasteiger partial charge in [0.05, 0.1) is 10.7 Å². The van der Waals surface area contributed by atoms with Crippen LogP contribution in [0.5, 0.6) is 0 Å². The minimum atomic E-state index is -0.492. The molecule has 0 spiro atoms. The Kier molecular flexibility index (Phi) is 4.74. The van der Waals surface area contributed by atoms with Crippen LogP contribution in [-0.4, -0.2) is 16.5 Å². The molecule has 2 rings (SSSR count). The van der Waals surface area contributed by atoms with Crippen LogP contribution in [0.4, 0.5) is 21.7 Å². The second kappa shape index (κ2) is 6.52. The van der Waals surface area contributed by atoms with Crippen molar-refractivity contribution >= 4 is 28.9 Å². The van der Waals surface area contributed by atoms with Crippen molar-refractivity contribution < 1.29 is 4.39 Å². The molecule has 0 atom stereocenters. The van der Waals surface area contributed by atoms with Crippen LogP contribution in [0.15, 0.2) is 24.3 Å². The molecule has 106 valence electrons. The SMILES string of the molecule is CCCNc1cc(Nc2cccc(Cl)c2F)nc(C)n1. The van der Waals surface area contributed by atoms with E-state index < -0.39 is 5.82 Å². The van der Waals surface area contributed by atoms with E-state index >= 15 is 0 Å². The molecule has 2 N–H and O–H groups in total. The third-order valence-corrected chi connectivity index (χ3v) is 2.90. The molecule has 0 saturated heterocycles. The molecular weight excluding hydrogens is 279 g/mol. The number of rotatable bonds is 5. The van der Waals surface area contributed by atoms with Crippen LogP contribution in [0.25, 0.3) is 0 Å². The summed E-state index contributed by atoms with van der Waals surface area (Å²) in [4.78, 5) is 8.51. The maximum absolute atomic E-state index is 13.8. The monoisotopic (exact) mass is 294 g/mol. The van der Waals surface area contributed by atoms with E-state index in [2.05, 4.69) is 27.5 Å². The molecule has 4 nitrogen and oxygen atoms in total. The number of benzene rings is 1. The molecule has 0 amide bonds. The molecule has 6 heteroatoms. The molecule has 0 bridgehead atoms. The largest absolute Gasteiger partial charge is 0.370 e. The highest BCUT2D eigenvalue weighted by molar-refractivity contribution is 6.31. The van der Waals surface area contributed by atoms with Gasteiger partial charge in [-0.1, -0.05) is 24.6 Å². The lowest BCUT2D eigenvalue weighted by atomic mass is 10.3. The van der Waals surface area contributed by atoms with Crippen molar-refractivity contribution in [1.29, 1.82) is 0 Å². The predicted molar refractivity (Wildman–Crippen MR) is 80.2 cm³/mol. The van der Waals surface area contributed by atoms with Gasteiger partial charge >= 0.3 is 0 Å². The predicted octanol–water partition coefficient (Wildman–Crippen LogP) is 4.14. The molecule has 0 radical (unpaired) electrons. The normalized spacial score (nSPS) is 10.4. The Labute approximate surface area is 122 Å². The Morgan fingerprint density at radius 3 is 2.75 bits per heavy atom. The highest BCUT2D eigenvalue weighted by atomic mass is 35.5. The van der Waals surface area contributed by atoms with E-state index in [-0.39, 0.29) is 10.7 Å². The maximum Gasteiger partial charge on any atom is 0.165 e. The number of nitrogens with zero attached hydrogens (tertiary/aromatic N) is 2. The summed E-state index contributed by atoms with van der Waals surface area (Å²) in [5, 5.41) is 6.17. The Morgan fingerprint density at radius 2 is 2.00 bits per heavy atom. The lowest BCUT2D eigenvalue weighted by Crippen LogP contribution is -2.06. The molecule has 1 heterocycles. The molecule has 1 aromatic carbocycles. The fourth-order valence-corrected chi connectivity index (χ4v) is 1.89. The van der Waals surface area contributed by atoms with Crippen LogP contribution in [0.1, 0.15) is 19.2 Å². The van der Waals surface area contributed by atoms with Gasteiger partial charge < -0.3 is 10.6 Å². The Balaban J connectivity index is 2.24. The zero-order valence-electron chi connectivity index (χ0n) is 11.4. The van der Waals surface area contributed by atoms with Crippen molar-refractivity contribution in [3.8, 4) is 0 Å². The molecule has 20 heavy (non-hydrogen) atoms. The van der Waals surface area contributed by atoms with Gasteiger partial charge in [-0.25, -0.2) is 14.4 Å². The summed E-state index contributed by atoms with van der Waals surface area (Å²) in [6, 6.07) is 6.53. The Bertz CT molecular complexity index is 604. The van der Waals surface area contributed by atoms with E-state index in [4.69, 9.17) is 11.6 Å². The zero-order valence-corrected chi connectivity index (χ0v) is 12.1. The number of nitrogens with one attached hydrogen (secondary N) is 2. The zero-order chi connectivity index (χ0) is 14.5. The van der Waals surface area contributed by atoms with Crippen LogP contribution < -0.4 is 10.6 Å². The van der Waals surface area contributed by atoms with Gasteiger partial charge in [-0.15, -0.1) is 0 Å². The van der Waals surface area contributed by atoms with Crippen molar-refractivity contribution in [2.45, 2.75) is 20.3 Å². The summed E-state index contributed by atoms with van der Waals surface area (Å²) in [7, 11) is 0. The highest BCUT2D eigenvalue weighted by Gasteiger charge is 2.08. The Hall–Kier alpha value is -1.88. The molecule has 0 aliphatic heterocycles. The van der Waals surface area contributed by atoms with Crippen molar-refractivity contribution in [3.05, 3.63) is 40.9 Å². The van der Waals surface area contributed by atoms with Gasteiger partial charge in [0.2, 0.25) is 0 Å². The number of halogens is 2. The molecule has 0 saturated carbocycles. The number of aromatic nitrogens is 2. The topological polar surface area (TPSA) is 49.8 Å². The molecule has 2 aromatic rings. The van der Waals surface area contributed by atoms with Crippen LogP contribution in [0.2, 0.25) is 5.02 Å². The molecule has 0 aliphatic rings. The van der Waals surface area contributed by atoms with Crippen molar-refractivity contribution in [1.82, 2.24) is 9.97 Å². The van der Waals surface area contributed by atoms with Gasteiger partial charge in [0.1, 0.15) is 17.5 Å². The second-order valence-corrected chi connectivity index (χ2v) is 4.75. The van der Waals surface area contributed by atoms with Gasteiger partial charge in [-0.2, -0.15) is 0 Å². The van der Waals surface area contributed by atoms with Crippen molar-refractivity contribution in [2.24, 2.45) is 0 Å². The molecule has 0 fully saturated rings. The van der Waals surface area contributed by atoms with Gasteiger partial charge in [0.25, 0.3) is 0 Å². The average molecular weight is 295 g/mol. The van der Waals surface area contributed by atoms with Crippen LogP contribution in [0, 0.1) is 12.7 Å². The van der Waals surface area contributed by atoms with E-state index in [0.29, 0.717) is 17.5 Å². The summed E-state index contributed by atoms with van der Waals surface area (Å²) in [5.74, 6) is 1.35. The second-order valence-electron chi connectivity index (χ2n) is 4.34. The smallest absolute Gasteiger partial charge is 0.165 e. The number of hydrogen-bond donors (Lipinski definition) is 2. The first-order chi connectivity index (χ1) is 9.60. The minimum absolute atomic E-state index is 0.0742. The first-order valence-corrected chi connectivity index (χ1v) is 6.78. The van der Waals surface area contributed by atoms with Gasteiger partial charge in [0, 0.05) is 12.6 Å². The van der Waals surface area contributed by atoms with Gasteiger partial charge in [0.15, 0.2) is 5.82 Å². The average Bonchev–Trinajstić information content (AvgIpc) is 2.41. The first kappa shape index (κ1) is 14.5. The summed E-state index contributed by atoms with van der Waals surface area (Å²) < 4.78 is 13.8.